The molecule has 1 amide bonds. The van der Waals surface area contributed by atoms with Gasteiger partial charge in [-0.2, -0.15) is 0 Å². The minimum atomic E-state index is -0.0489. The molecular weight excluding hydrogens is 380 g/mol. The molecule has 2 aromatic carbocycles. The quantitative estimate of drug-likeness (QED) is 0.618. The number of aryl methyl sites for hydroxylation is 2. The minimum Gasteiger partial charge on any atom is -0.349 e. The van der Waals surface area contributed by atoms with Crippen molar-refractivity contribution in [1.82, 2.24) is 20.1 Å². The molecule has 0 aliphatic carbocycles. The van der Waals surface area contributed by atoms with Gasteiger partial charge in [0.05, 0.1) is 17.5 Å². The third-order valence-corrected chi connectivity index (χ3v) is 5.67. The molecule has 27 heavy (non-hydrogen) atoms. The zero-order valence-corrected chi connectivity index (χ0v) is 17.0. The predicted molar refractivity (Wildman–Crippen MR) is 110 cm³/mol. The van der Waals surface area contributed by atoms with Crippen LogP contribution in [0.2, 0.25) is 5.02 Å². The number of carbonyl (C=O) groups is 1. The number of nitrogens with zero attached hydrogens (tertiary/aromatic N) is 3. The summed E-state index contributed by atoms with van der Waals surface area (Å²) < 4.78 is 1.83. The van der Waals surface area contributed by atoms with Gasteiger partial charge in [-0.05, 0) is 49.6 Å². The maximum absolute atomic E-state index is 12.4. The first-order valence-electron chi connectivity index (χ1n) is 8.60. The maximum atomic E-state index is 12.4. The Labute approximate surface area is 168 Å². The number of amides is 1. The highest BCUT2D eigenvalue weighted by Crippen LogP contribution is 2.24. The Bertz CT molecular complexity index is 957. The summed E-state index contributed by atoms with van der Waals surface area (Å²) in [5.74, 6) is 0.210. The van der Waals surface area contributed by atoms with Crippen molar-refractivity contribution in [3.8, 4) is 5.69 Å². The predicted octanol–water partition coefficient (Wildman–Crippen LogP) is 4.51. The van der Waals surface area contributed by atoms with Gasteiger partial charge in [-0.25, -0.2) is 0 Å². The van der Waals surface area contributed by atoms with E-state index < -0.39 is 0 Å². The average molecular weight is 401 g/mol. The van der Waals surface area contributed by atoms with Crippen LogP contribution in [0.1, 0.15) is 29.7 Å². The Morgan fingerprint density at radius 2 is 2.00 bits per heavy atom. The number of carbonyl (C=O) groups excluding carboxylic acids is 1. The van der Waals surface area contributed by atoms with Crippen LogP contribution in [-0.2, 0) is 4.79 Å². The van der Waals surface area contributed by atoms with Crippen molar-refractivity contribution < 1.29 is 4.79 Å². The SMILES string of the molecule is Cc1ccc(-n2cnnc2SCC(=O)NC(C)c2ccccc2C)cc1Cl. The highest BCUT2D eigenvalue weighted by molar-refractivity contribution is 7.99. The molecule has 0 fully saturated rings. The molecule has 1 heterocycles. The average Bonchev–Trinajstić information content (AvgIpc) is 3.11. The number of hydrogen-bond donors (Lipinski definition) is 1. The fourth-order valence-corrected chi connectivity index (χ4v) is 3.71. The largest absolute Gasteiger partial charge is 0.349 e. The molecule has 0 radical (unpaired) electrons. The topological polar surface area (TPSA) is 59.8 Å². The third-order valence-electron chi connectivity index (χ3n) is 4.31. The molecule has 5 nitrogen and oxygen atoms in total. The molecule has 0 aliphatic rings. The molecule has 7 heteroatoms. The molecule has 1 aromatic heterocycles. The monoisotopic (exact) mass is 400 g/mol. The number of nitrogens with one attached hydrogen (secondary N) is 1. The van der Waals surface area contributed by atoms with Crippen LogP contribution in [0.3, 0.4) is 0 Å². The summed E-state index contributed by atoms with van der Waals surface area (Å²) in [7, 11) is 0. The highest BCUT2D eigenvalue weighted by Gasteiger charge is 2.14. The lowest BCUT2D eigenvalue weighted by Crippen LogP contribution is -2.28. The maximum Gasteiger partial charge on any atom is 0.230 e. The first-order chi connectivity index (χ1) is 13.0. The molecule has 0 bridgehead atoms. The molecule has 0 aliphatic heterocycles. The smallest absolute Gasteiger partial charge is 0.230 e. The van der Waals surface area contributed by atoms with E-state index in [-0.39, 0.29) is 17.7 Å². The van der Waals surface area contributed by atoms with Gasteiger partial charge in [-0.15, -0.1) is 10.2 Å². The van der Waals surface area contributed by atoms with Crippen LogP contribution < -0.4 is 5.32 Å². The van der Waals surface area contributed by atoms with Gasteiger partial charge in [0.15, 0.2) is 5.16 Å². The first-order valence-corrected chi connectivity index (χ1v) is 9.96. The summed E-state index contributed by atoms with van der Waals surface area (Å²) in [5, 5.41) is 12.5. The molecule has 140 valence electrons. The molecule has 1 atom stereocenters. The van der Waals surface area contributed by atoms with Crippen molar-refractivity contribution in [2.24, 2.45) is 0 Å². The van der Waals surface area contributed by atoms with Crippen LogP contribution in [-0.4, -0.2) is 26.4 Å². The molecule has 1 N–H and O–H groups in total. The number of halogens is 1. The van der Waals surface area contributed by atoms with Crippen molar-refractivity contribution >= 4 is 29.3 Å². The van der Waals surface area contributed by atoms with Crippen LogP contribution in [0.25, 0.3) is 5.69 Å². The standard InChI is InChI=1S/C20H21ClN4OS/c1-13-6-4-5-7-17(13)15(3)23-19(26)11-27-20-24-22-12-25(20)16-9-8-14(2)18(21)10-16/h4-10,12,15H,11H2,1-3H3,(H,23,26). The fourth-order valence-electron chi connectivity index (χ4n) is 2.80. The van der Waals surface area contributed by atoms with Gasteiger partial charge in [0.25, 0.3) is 0 Å². The number of benzene rings is 2. The van der Waals surface area contributed by atoms with Crippen LogP contribution in [0.5, 0.6) is 0 Å². The lowest BCUT2D eigenvalue weighted by molar-refractivity contribution is -0.119. The van der Waals surface area contributed by atoms with Gasteiger partial charge in [0.2, 0.25) is 5.91 Å². The Kier molecular flexibility index (Phi) is 6.19. The lowest BCUT2D eigenvalue weighted by Gasteiger charge is -2.16. The number of hydrogen-bond acceptors (Lipinski definition) is 4. The highest BCUT2D eigenvalue weighted by atomic mass is 35.5. The van der Waals surface area contributed by atoms with Crippen LogP contribution >= 0.6 is 23.4 Å². The number of rotatable bonds is 6. The molecule has 0 saturated carbocycles. The molecule has 3 rings (SSSR count). The van der Waals surface area contributed by atoms with Gasteiger partial charge in [0, 0.05) is 5.02 Å². The number of thioether (sulfide) groups is 1. The summed E-state index contributed by atoms with van der Waals surface area (Å²) in [6.07, 6.45) is 1.62. The Balaban J connectivity index is 1.64. The first kappa shape index (κ1) is 19.5. The van der Waals surface area contributed by atoms with Gasteiger partial charge in [-0.1, -0.05) is 53.7 Å². The zero-order valence-electron chi connectivity index (χ0n) is 15.4. The van der Waals surface area contributed by atoms with Crippen LogP contribution in [0, 0.1) is 13.8 Å². The van der Waals surface area contributed by atoms with Gasteiger partial charge in [0.1, 0.15) is 6.33 Å². The summed E-state index contributed by atoms with van der Waals surface area (Å²) >= 11 is 7.56. The Morgan fingerprint density at radius 1 is 1.22 bits per heavy atom. The summed E-state index contributed by atoms with van der Waals surface area (Å²) in [6, 6.07) is 13.8. The second-order valence-electron chi connectivity index (χ2n) is 6.35. The molecule has 1 unspecified atom stereocenters. The van der Waals surface area contributed by atoms with E-state index in [1.54, 1.807) is 6.33 Å². The van der Waals surface area contributed by atoms with Crippen LogP contribution in [0.15, 0.2) is 53.9 Å². The normalized spacial score (nSPS) is 12.0. The third kappa shape index (κ3) is 4.70. The van der Waals surface area contributed by atoms with Crippen molar-refractivity contribution in [2.75, 3.05) is 5.75 Å². The zero-order chi connectivity index (χ0) is 19.4. The van der Waals surface area contributed by atoms with E-state index in [0.717, 1.165) is 22.4 Å². The van der Waals surface area contributed by atoms with Crippen LogP contribution in [0.4, 0.5) is 0 Å². The summed E-state index contributed by atoms with van der Waals surface area (Å²) in [4.78, 5) is 12.4. The molecule has 3 aromatic rings. The van der Waals surface area contributed by atoms with Gasteiger partial charge in [-0.3, -0.25) is 9.36 Å². The van der Waals surface area contributed by atoms with Gasteiger partial charge >= 0.3 is 0 Å². The van der Waals surface area contributed by atoms with E-state index in [4.69, 9.17) is 11.6 Å². The molecule has 0 spiro atoms. The molecular formula is C20H21ClN4OS. The number of aromatic nitrogens is 3. The second kappa shape index (κ2) is 8.59. The Morgan fingerprint density at radius 3 is 2.74 bits per heavy atom. The van der Waals surface area contributed by atoms with E-state index >= 15 is 0 Å². The van der Waals surface area contributed by atoms with Crippen molar-refractivity contribution in [2.45, 2.75) is 32.0 Å². The second-order valence-corrected chi connectivity index (χ2v) is 7.70. The Hall–Kier alpha value is -2.31. The van der Waals surface area contributed by atoms with Crippen molar-refractivity contribution in [3.05, 3.63) is 70.5 Å². The summed E-state index contributed by atoms with van der Waals surface area (Å²) in [6.45, 7) is 5.98. The van der Waals surface area contributed by atoms with Crippen molar-refractivity contribution in [3.63, 3.8) is 0 Å². The van der Waals surface area contributed by atoms with E-state index in [9.17, 15) is 4.79 Å². The summed E-state index contributed by atoms with van der Waals surface area (Å²) in [5.41, 5.74) is 4.15. The van der Waals surface area contributed by atoms with E-state index in [1.807, 2.05) is 67.8 Å². The van der Waals surface area contributed by atoms with Gasteiger partial charge < -0.3 is 5.32 Å². The van der Waals surface area contributed by atoms with Crippen molar-refractivity contribution in [1.29, 1.82) is 0 Å². The molecule has 0 saturated heterocycles. The van der Waals surface area contributed by atoms with E-state index in [0.29, 0.717) is 10.2 Å². The van der Waals surface area contributed by atoms with E-state index in [1.165, 1.54) is 11.8 Å². The minimum absolute atomic E-state index is 0.0481. The van der Waals surface area contributed by atoms with E-state index in [2.05, 4.69) is 15.5 Å². The lowest BCUT2D eigenvalue weighted by atomic mass is 10.0. The fraction of sp³-hybridized carbons (Fsp3) is 0.250.